The number of benzene rings is 1. The second-order valence-electron chi connectivity index (χ2n) is 4.25. The number of aliphatic hydroxyl groups excluding tert-OH is 1. The van der Waals surface area contributed by atoms with Gasteiger partial charge >= 0.3 is 5.69 Å². The maximum atomic E-state index is 11.6. The van der Waals surface area contributed by atoms with E-state index in [1.54, 1.807) is 12.1 Å². The number of hydrogen-bond donors (Lipinski definition) is 3. The summed E-state index contributed by atoms with van der Waals surface area (Å²) in [6.07, 6.45) is 0. The van der Waals surface area contributed by atoms with Gasteiger partial charge in [0.1, 0.15) is 0 Å². The summed E-state index contributed by atoms with van der Waals surface area (Å²) in [5.41, 5.74) is 1.68. The largest absolute Gasteiger partial charge is 0.392 e. The van der Waals surface area contributed by atoms with E-state index in [2.05, 4.69) is 19.9 Å². The van der Waals surface area contributed by atoms with Crippen molar-refractivity contribution in [3.63, 3.8) is 0 Å². The van der Waals surface area contributed by atoms with E-state index >= 15 is 0 Å². The lowest BCUT2D eigenvalue weighted by Gasteiger charge is -2.05. The quantitative estimate of drug-likeness (QED) is 0.530. The molecule has 0 aliphatic heterocycles. The van der Waals surface area contributed by atoms with E-state index in [0.717, 1.165) is 11.1 Å². The Balaban J connectivity index is 2.48. The Labute approximate surface area is 106 Å². The lowest BCUT2D eigenvalue weighted by atomic mass is 10.1. The van der Waals surface area contributed by atoms with Crippen molar-refractivity contribution < 1.29 is 5.11 Å². The molecule has 0 unspecified atom stereocenters. The van der Waals surface area contributed by atoms with Crippen molar-refractivity contribution in [1.29, 1.82) is 0 Å². The molecule has 0 aliphatic carbocycles. The third-order valence-corrected chi connectivity index (χ3v) is 2.97. The number of nitrogens with zero attached hydrogens (tertiary/aromatic N) is 2. The molecule has 96 valence electrons. The molecule has 0 fully saturated rings. The summed E-state index contributed by atoms with van der Waals surface area (Å²) in [5, 5.41) is 9.22. The van der Waals surface area contributed by atoms with Crippen LogP contribution in [0.5, 0.6) is 0 Å². The van der Waals surface area contributed by atoms with Crippen LogP contribution in [0.25, 0.3) is 22.2 Å². The fraction of sp³-hybridized carbons (Fsp3) is 0.167. The average molecular weight is 258 g/mol. The van der Waals surface area contributed by atoms with Crippen LogP contribution in [0.1, 0.15) is 11.1 Å². The molecule has 2 heterocycles. The molecule has 0 saturated heterocycles. The molecule has 0 aliphatic rings. The predicted octanol–water partition coefficient (Wildman–Crippen LogP) is -0.0397. The highest BCUT2D eigenvalue weighted by molar-refractivity contribution is 5.84. The van der Waals surface area contributed by atoms with Crippen molar-refractivity contribution >= 4 is 22.2 Å². The summed E-state index contributed by atoms with van der Waals surface area (Å²) in [7, 11) is 0. The average Bonchev–Trinajstić information content (AvgIpc) is 2.36. The topological polar surface area (TPSA) is 112 Å². The summed E-state index contributed by atoms with van der Waals surface area (Å²) in [6.45, 7) is 1.74. The number of nitrogens with one attached hydrogen (secondary N) is 2. The van der Waals surface area contributed by atoms with Gasteiger partial charge in [-0.15, -0.1) is 0 Å². The Morgan fingerprint density at radius 1 is 1.16 bits per heavy atom. The number of hydrogen-bond acceptors (Lipinski definition) is 5. The van der Waals surface area contributed by atoms with E-state index in [1.807, 2.05) is 6.92 Å². The fourth-order valence-corrected chi connectivity index (χ4v) is 1.97. The number of aromatic amines is 2. The lowest BCUT2D eigenvalue weighted by molar-refractivity contribution is 0.281. The number of aliphatic hydroxyl groups is 1. The van der Waals surface area contributed by atoms with Crippen LogP contribution in [0.2, 0.25) is 0 Å². The van der Waals surface area contributed by atoms with E-state index < -0.39 is 11.2 Å². The van der Waals surface area contributed by atoms with Gasteiger partial charge in [0.15, 0.2) is 11.2 Å². The molecule has 7 nitrogen and oxygen atoms in total. The molecule has 0 spiro atoms. The smallest absolute Gasteiger partial charge is 0.327 e. The summed E-state index contributed by atoms with van der Waals surface area (Å²) >= 11 is 0. The standard InChI is InChI=1S/C12H10N4O3/c1-5-2-7-8(3-6(5)4-17)14-10-9(13-7)11(18)16-12(19)15-10/h2-3,17H,4H2,1H3,(H2,14,15,16,18,19). The molecule has 0 amide bonds. The summed E-state index contributed by atoms with van der Waals surface area (Å²) in [4.78, 5) is 35.8. The Morgan fingerprint density at radius 3 is 2.63 bits per heavy atom. The van der Waals surface area contributed by atoms with Crippen molar-refractivity contribution in [2.45, 2.75) is 13.5 Å². The van der Waals surface area contributed by atoms with E-state index in [9.17, 15) is 14.7 Å². The van der Waals surface area contributed by atoms with Gasteiger partial charge in [-0.25, -0.2) is 14.8 Å². The van der Waals surface area contributed by atoms with Crippen molar-refractivity contribution in [2.24, 2.45) is 0 Å². The van der Waals surface area contributed by atoms with Gasteiger partial charge < -0.3 is 5.11 Å². The van der Waals surface area contributed by atoms with Gasteiger partial charge in [0.2, 0.25) is 0 Å². The third kappa shape index (κ3) is 1.80. The third-order valence-electron chi connectivity index (χ3n) is 2.97. The minimum atomic E-state index is -0.624. The predicted molar refractivity (Wildman–Crippen MR) is 68.9 cm³/mol. The highest BCUT2D eigenvalue weighted by atomic mass is 16.3. The first kappa shape index (κ1) is 11.5. The summed E-state index contributed by atoms with van der Waals surface area (Å²) < 4.78 is 0. The normalized spacial score (nSPS) is 11.3. The van der Waals surface area contributed by atoms with Crippen LogP contribution in [0.3, 0.4) is 0 Å². The van der Waals surface area contributed by atoms with Crippen molar-refractivity contribution in [1.82, 2.24) is 19.9 Å². The summed E-state index contributed by atoms with van der Waals surface area (Å²) in [6, 6.07) is 3.44. The number of fused-ring (bicyclic) bond motifs is 2. The minimum absolute atomic E-state index is 0.0863. The number of H-pyrrole nitrogens is 2. The molecule has 0 radical (unpaired) electrons. The molecule has 0 bridgehead atoms. The summed E-state index contributed by atoms with van der Waals surface area (Å²) in [5.74, 6) is 0. The number of aryl methyl sites for hydroxylation is 1. The van der Waals surface area contributed by atoms with Gasteiger partial charge in [0, 0.05) is 0 Å². The minimum Gasteiger partial charge on any atom is -0.392 e. The zero-order chi connectivity index (χ0) is 13.6. The van der Waals surface area contributed by atoms with Gasteiger partial charge in [-0.3, -0.25) is 14.8 Å². The van der Waals surface area contributed by atoms with Gasteiger partial charge in [-0.05, 0) is 30.2 Å². The van der Waals surface area contributed by atoms with Crippen molar-refractivity contribution in [3.05, 3.63) is 44.1 Å². The Hall–Kier alpha value is -2.54. The zero-order valence-corrected chi connectivity index (χ0v) is 10.0. The molecule has 19 heavy (non-hydrogen) atoms. The molecule has 7 heteroatoms. The van der Waals surface area contributed by atoms with Crippen molar-refractivity contribution in [2.75, 3.05) is 0 Å². The Bertz CT molecular complexity index is 910. The van der Waals surface area contributed by atoms with Crippen LogP contribution in [0.15, 0.2) is 21.7 Å². The first-order valence-corrected chi connectivity index (χ1v) is 5.63. The van der Waals surface area contributed by atoms with Crippen LogP contribution in [-0.4, -0.2) is 25.0 Å². The molecule has 3 N–H and O–H groups in total. The molecule has 1 aromatic carbocycles. The van der Waals surface area contributed by atoms with Gasteiger partial charge in [-0.1, -0.05) is 0 Å². The maximum absolute atomic E-state index is 11.6. The zero-order valence-electron chi connectivity index (χ0n) is 10.0. The van der Waals surface area contributed by atoms with Crippen LogP contribution in [0.4, 0.5) is 0 Å². The van der Waals surface area contributed by atoms with Gasteiger partial charge in [0.05, 0.1) is 17.6 Å². The maximum Gasteiger partial charge on any atom is 0.327 e. The molecular weight excluding hydrogens is 248 g/mol. The first-order chi connectivity index (χ1) is 9.08. The SMILES string of the molecule is Cc1cc2nc3c(=O)[nH]c(=O)[nH]c3nc2cc1CO. The van der Waals surface area contributed by atoms with E-state index in [1.165, 1.54) is 0 Å². The molecular formula is C12H10N4O3. The van der Waals surface area contributed by atoms with Gasteiger partial charge in [-0.2, -0.15) is 0 Å². The van der Waals surface area contributed by atoms with Crippen LogP contribution < -0.4 is 11.2 Å². The highest BCUT2D eigenvalue weighted by Gasteiger charge is 2.08. The molecule has 0 atom stereocenters. The molecule has 3 aromatic rings. The Morgan fingerprint density at radius 2 is 1.89 bits per heavy atom. The number of aromatic nitrogens is 4. The first-order valence-electron chi connectivity index (χ1n) is 5.63. The monoisotopic (exact) mass is 258 g/mol. The molecule has 2 aromatic heterocycles. The molecule has 0 saturated carbocycles. The fourth-order valence-electron chi connectivity index (χ4n) is 1.97. The second-order valence-corrected chi connectivity index (χ2v) is 4.25. The van der Waals surface area contributed by atoms with E-state index in [4.69, 9.17) is 0 Å². The van der Waals surface area contributed by atoms with Gasteiger partial charge in [0.25, 0.3) is 5.56 Å². The van der Waals surface area contributed by atoms with E-state index in [-0.39, 0.29) is 17.8 Å². The number of rotatable bonds is 1. The van der Waals surface area contributed by atoms with Crippen LogP contribution in [-0.2, 0) is 6.61 Å². The highest BCUT2D eigenvalue weighted by Crippen LogP contribution is 2.17. The Kier molecular flexibility index (Phi) is 2.42. The van der Waals surface area contributed by atoms with Crippen molar-refractivity contribution in [3.8, 4) is 0 Å². The second kappa shape index (κ2) is 3.99. The lowest BCUT2D eigenvalue weighted by Crippen LogP contribution is -2.23. The molecule has 3 rings (SSSR count). The van der Waals surface area contributed by atoms with E-state index in [0.29, 0.717) is 11.0 Å². The van der Waals surface area contributed by atoms with Crippen LogP contribution in [0, 0.1) is 6.92 Å². The van der Waals surface area contributed by atoms with Crippen LogP contribution >= 0.6 is 0 Å².